The third kappa shape index (κ3) is 4.43. The number of carbonyl (C=O) groups is 1. The van der Waals surface area contributed by atoms with Crippen molar-refractivity contribution in [3.05, 3.63) is 18.2 Å². The Bertz CT molecular complexity index is 1080. The number of thioether (sulfide) groups is 1. The van der Waals surface area contributed by atoms with Gasteiger partial charge in [-0.3, -0.25) is 4.79 Å². The van der Waals surface area contributed by atoms with Crippen molar-refractivity contribution in [3.63, 3.8) is 0 Å². The van der Waals surface area contributed by atoms with Crippen LogP contribution in [0.1, 0.15) is 57.8 Å². The molecule has 2 saturated heterocycles. The monoisotopic (exact) mass is 477 g/mol. The Kier molecular flexibility index (Phi) is 6.49. The molecule has 0 bridgehead atoms. The number of oxazole rings is 1. The quantitative estimate of drug-likeness (QED) is 0.598. The lowest BCUT2D eigenvalue weighted by Crippen LogP contribution is -2.50. The molecule has 1 aromatic carbocycles. The molecule has 1 aromatic heterocycles. The fraction of sp³-hybridized carbons (Fsp3) is 0.652. The van der Waals surface area contributed by atoms with Gasteiger partial charge >= 0.3 is 0 Å². The molecule has 2 aliphatic heterocycles. The highest BCUT2D eigenvalue weighted by molar-refractivity contribution is 7.99. The molecule has 3 heterocycles. The molecule has 3 fully saturated rings. The van der Waals surface area contributed by atoms with Gasteiger partial charge in [0, 0.05) is 25.7 Å². The summed E-state index contributed by atoms with van der Waals surface area (Å²) in [6.07, 6.45) is 10.1. The summed E-state index contributed by atoms with van der Waals surface area (Å²) < 4.78 is 33.3. The van der Waals surface area contributed by atoms with Crippen LogP contribution in [0.2, 0.25) is 0 Å². The number of carbonyl (C=O) groups excluding carboxylic acids is 1. The summed E-state index contributed by atoms with van der Waals surface area (Å²) in [7, 11) is -3.51. The molecule has 9 heteroatoms. The molecule has 0 spiro atoms. The Balaban J connectivity index is 1.26. The van der Waals surface area contributed by atoms with Gasteiger partial charge in [-0.1, -0.05) is 31.0 Å². The van der Waals surface area contributed by atoms with Gasteiger partial charge in [-0.2, -0.15) is 4.31 Å². The fourth-order valence-electron chi connectivity index (χ4n) is 5.50. The zero-order valence-corrected chi connectivity index (χ0v) is 20.0. The number of hydrogen-bond donors (Lipinski definition) is 0. The van der Waals surface area contributed by atoms with E-state index in [2.05, 4.69) is 9.88 Å². The number of rotatable bonds is 5. The van der Waals surface area contributed by atoms with Crippen LogP contribution < -0.4 is 0 Å². The Morgan fingerprint density at radius 2 is 1.81 bits per heavy atom. The van der Waals surface area contributed by atoms with Crippen molar-refractivity contribution in [2.75, 3.05) is 25.4 Å². The van der Waals surface area contributed by atoms with Gasteiger partial charge in [0.2, 0.25) is 15.9 Å². The zero-order valence-electron chi connectivity index (χ0n) is 18.4. The average Bonchev–Trinajstić information content (AvgIpc) is 3.25. The number of nitrogens with zero attached hydrogens (tertiary/aromatic N) is 3. The van der Waals surface area contributed by atoms with Gasteiger partial charge in [-0.05, 0) is 62.6 Å². The summed E-state index contributed by atoms with van der Waals surface area (Å²) >= 11 is 1.30. The topological polar surface area (TPSA) is 83.7 Å². The predicted molar refractivity (Wildman–Crippen MR) is 124 cm³/mol. The molecule has 32 heavy (non-hydrogen) atoms. The van der Waals surface area contributed by atoms with Crippen molar-refractivity contribution in [3.8, 4) is 0 Å². The first-order chi connectivity index (χ1) is 15.5. The molecule has 1 aliphatic carbocycles. The minimum absolute atomic E-state index is 0.155. The Hall–Kier alpha value is -1.58. The Labute approximate surface area is 194 Å². The summed E-state index contributed by atoms with van der Waals surface area (Å²) in [4.78, 5) is 19.8. The lowest BCUT2D eigenvalue weighted by molar-refractivity contribution is -0.134. The number of sulfonamides is 1. The van der Waals surface area contributed by atoms with Crippen LogP contribution in [0.4, 0.5) is 0 Å². The molecule has 2 aromatic rings. The van der Waals surface area contributed by atoms with E-state index in [0.29, 0.717) is 47.1 Å². The number of hydrogen-bond acceptors (Lipinski definition) is 6. The smallest absolute Gasteiger partial charge is 0.257 e. The molecule has 1 saturated carbocycles. The molecule has 7 nitrogen and oxygen atoms in total. The molecule has 2 atom stereocenters. The highest BCUT2D eigenvalue weighted by atomic mass is 32.2. The Morgan fingerprint density at radius 1 is 1.03 bits per heavy atom. The number of aromatic nitrogens is 1. The molecular formula is C23H31N3O4S2. The van der Waals surface area contributed by atoms with Crippen LogP contribution in [0.3, 0.4) is 0 Å². The molecule has 0 N–H and O–H groups in total. The van der Waals surface area contributed by atoms with E-state index in [9.17, 15) is 13.2 Å². The van der Waals surface area contributed by atoms with E-state index >= 15 is 0 Å². The standard InChI is InChI=1S/C23H31N3O4S2/c27-22(26-14-6-8-17-7-2-3-9-20(17)26)16-31-23-24-19-15-18(10-11-21(19)30-23)32(28,29)25-12-4-1-5-13-25/h10-11,15,17,20H,1-9,12-14,16H2/t17-,20+/m1/s1. The number of amides is 1. The van der Waals surface area contributed by atoms with Crippen molar-refractivity contribution in [2.24, 2.45) is 5.92 Å². The lowest BCUT2D eigenvalue weighted by Gasteiger charge is -2.44. The maximum Gasteiger partial charge on any atom is 0.257 e. The van der Waals surface area contributed by atoms with Crippen molar-refractivity contribution in [2.45, 2.75) is 73.9 Å². The van der Waals surface area contributed by atoms with Crippen LogP contribution in [-0.2, 0) is 14.8 Å². The lowest BCUT2D eigenvalue weighted by atomic mass is 9.78. The number of likely N-dealkylation sites (tertiary alicyclic amines) is 1. The van der Waals surface area contributed by atoms with E-state index in [1.807, 2.05) is 0 Å². The molecular weight excluding hydrogens is 446 g/mol. The SMILES string of the molecule is O=C(CSc1nc2cc(S(=O)(=O)N3CCCCC3)ccc2o1)N1CCC[C@H]2CCCC[C@@H]21. The summed E-state index contributed by atoms with van der Waals surface area (Å²) in [5.41, 5.74) is 1.06. The first-order valence-corrected chi connectivity index (χ1v) is 14.3. The van der Waals surface area contributed by atoms with Crippen LogP contribution in [0.25, 0.3) is 11.1 Å². The van der Waals surface area contributed by atoms with Crippen LogP contribution in [0.15, 0.2) is 32.7 Å². The average molecular weight is 478 g/mol. The van der Waals surface area contributed by atoms with E-state index in [1.165, 1.54) is 37.4 Å². The minimum Gasteiger partial charge on any atom is -0.431 e. The van der Waals surface area contributed by atoms with Crippen LogP contribution in [0.5, 0.6) is 0 Å². The molecule has 1 amide bonds. The molecule has 3 aliphatic rings. The van der Waals surface area contributed by atoms with Gasteiger partial charge in [0.1, 0.15) is 5.52 Å². The Morgan fingerprint density at radius 3 is 2.66 bits per heavy atom. The number of fused-ring (bicyclic) bond motifs is 2. The van der Waals surface area contributed by atoms with Crippen molar-refractivity contribution in [1.82, 2.24) is 14.2 Å². The van der Waals surface area contributed by atoms with Crippen molar-refractivity contribution < 1.29 is 17.6 Å². The van der Waals surface area contributed by atoms with Crippen molar-refractivity contribution in [1.29, 1.82) is 0 Å². The van der Waals surface area contributed by atoms with Gasteiger partial charge in [-0.15, -0.1) is 0 Å². The largest absolute Gasteiger partial charge is 0.431 e. The highest BCUT2D eigenvalue weighted by Gasteiger charge is 2.35. The van der Waals surface area contributed by atoms with Gasteiger partial charge in [0.25, 0.3) is 5.22 Å². The minimum atomic E-state index is -3.51. The maximum atomic E-state index is 13.0. The van der Waals surface area contributed by atoms with Gasteiger partial charge < -0.3 is 9.32 Å². The van der Waals surface area contributed by atoms with Gasteiger partial charge in [0.05, 0.1) is 10.6 Å². The second kappa shape index (κ2) is 9.35. The van der Waals surface area contributed by atoms with E-state index < -0.39 is 10.0 Å². The molecule has 5 rings (SSSR count). The molecule has 0 radical (unpaired) electrons. The van der Waals surface area contributed by atoms with Crippen LogP contribution in [0, 0.1) is 5.92 Å². The third-order valence-electron chi connectivity index (χ3n) is 7.17. The first kappa shape index (κ1) is 22.2. The predicted octanol–water partition coefficient (Wildman–Crippen LogP) is 4.28. The van der Waals surface area contributed by atoms with E-state index in [0.717, 1.165) is 38.6 Å². The highest BCUT2D eigenvalue weighted by Crippen LogP contribution is 2.36. The third-order valence-corrected chi connectivity index (χ3v) is 9.88. The number of piperidine rings is 2. The normalized spacial score (nSPS) is 25.1. The van der Waals surface area contributed by atoms with Crippen LogP contribution in [-0.4, -0.2) is 59.9 Å². The maximum absolute atomic E-state index is 13.0. The summed E-state index contributed by atoms with van der Waals surface area (Å²) in [6, 6.07) is 5.25. The van der Waals surface area contributed by atoms with E-state index in [1.54, 1.807) is 22.5 Å². The van der Waals surface area contributed by atoms with Gasteiger partial charge in [-0.25, -0.2) is 13.4 Å². The van der Waals surface area contributed by atoms with E-state index in [4.69, 9.17) is 4.42 Å². The van der Waals surface area contributed by atoms with E-state index in [-0.39, 0.29) is 10.8 Å². The summed E-state index contributed by atoms with van der Waals surface area (Å²) in [5, 5.41) is 0.415. The fourth-order valence-corrected chi connectivity index (χ4v) is 7.77. The first-order valence-electron chi connectivity index (χ1n) is 11.9. The molecule has 174 valence electrons. The molecule has 0 unspecified atom stereocenters. The summed E-state index contributed by atoms with van der Waals surface area (Å²) in [5.74, 6) is 1.12. The van der Waals surface area contributed by atoms with Gasteiger partial charge in [0.15, 0.2) is 5.58 Å². The second-order valence-corrected chi connectivity index (χ2v) is 12.1. The number of benzene rings is 1. The second-order valence-electron chi connectivity index (χ2n) is 9.20. The van der Waals surface area contributed by atoms with Crippen LogP contribution >= 0.6 is 11.8 Å². The van der Waals surface area contributed by atoms with Crippen molar-refractivity contribution >= 4 is 38.8 Å². The summed E-state index contributed by atoms with van der Waals surface area (Å²) in [6.45, 7) is 1.99. The zero-order chi connectivity index (χ0) is 22.1.